The number of hydrogen-bond acceptors (Lipinski definition) is 6. The molecule has 0 aliphatic rings. The molecule has 152 valence electrons. The molecule has 3 heterocycles. The third kappa shape index (κ3) is 4.02. The van der Waals surface area contributed by atoms with E-state index in [0.29, 0.717) is 16.6 Å². The van der Waals surface area contributed by atoms with Gasteiger partial charge in [0.05, 0.1) is 24.8 Å². The molecule has 0 saturated carbocycles. The predicted octanol–water partition coefficient (Wildman–Crippen LogP) is 1.16. The van der Waals surface area contributed by atoms with Crippen molar-refractivity contribution >= 4 is 16.9 Å². The van der Waals surface area contributed by atoms with Gasteiger partial charge in [-0.25, -0.2) is 18.9 Å². The molecule has 0 unspecified atom stereocenters. The van der Waals surface area contributed by atoms with E-state index in [9.17, 15) is 18.8 Å². The fourth-order valence-corrected chi connectivity index (χ4v) is 2.97. The van der Waals surface area contributed by atoms with Gasteiger partial charge in [-0.3, -0.25) is 14.2 Å². The molecule has 4 aromatic rings. The Kier molecular flexibility index (Phi) is 5.21. The lowest BCUT2D eigenvalue weighted by Crippen LogP contribution is -2.28. The minimum atomic E-state index is -0.538. The number of nitrogens with one attached hydrogen (secondary N) is 1. The first-order chi connectivity index (χ1) is 14.5. The average molecular weight is 409 g/mol. The molecule has 0 bridgehead atoms. The highest BCUT2D eigenvalue weighted by Crippen LogP contribution is 2.08. The van der Waals surface area contributed by atoms with Crippen LogP contribution in [0.15, 0.2) is 69.2 Å². The van der Waals surface area contributed by atoms with Crippen LogP contribution in [0.4, 0.5) is 4.39 Å². The minimum absolute atomic E-state index is 0.188. The van der Waals surface area contributed by atoms with Crippen molar-refractivity contribution in [2.75, 3.05) is 6.54 Å². The summed E-state index contributed by atoms with van der Waals surface area (Å²) in [7, 11) is 0. The van der Waals surface area contributed by atoms with Crippen molar-refractivity contribution in [3.05, 3.63) is 92.9 Å². The molecule has 0 radical (unpaired) electrons. The van der Waals surface area contributed by atoms with Crippen LogP contribution in [-0.2, 0) is 13.1 Å². The van der Waals surface area contributed by atoms with Crippen molar-refractivity contribution < 1.29 is 13.6 Å². The summed E-state index contributed by atoms with van der Waals surface area (Å²) in [6.45, 7) is 0.698. The third-order valence-corrected chi connectivity index (χ3v) is 4.44. The molecule has 0 atom stereocenters. The van der Waals surface area contributed by atoms with Gasteiger partial charge < -0.3 is 9.73 Å². The van der Waals surface area contributed by atoms with E-state index in [4.69, 9.17) is 0 Å². The topological polar surface area (TPSA) is 112 Å². The molecule has 1 N–H and O–H groups in total. The number of nitrogens with zero attached hydrogens (tertiary/aromatic N) is 4. The Morgan fingerprint density at radius 3 is 2.83 bits per heavy atom. The fraction of sp³-hybridized carbons (Fsp3) is 0.150. The van der Waals surface area contributed by atoms with Gasteiger partial charge in [-0.2, -0.15) is 5.10 Å². The number of carbonyl (C=O) groups excluding carboxylic acids is 1. The van der Waals surface area contributed by atoms with Crippen molar-refractivity contribution in [3.63, 3.8) is 0 Å². The zero-order valence-corrected chi connectivity index (χ0v) is 15.6. The average Bonchev–Trinajstić information content (AvgIpc) is 3.14. The van der Waals surface area contributed by atoms with Gasteiger partial charge in [0, 0.05) is 12.6 Å². The van der Waals surface area contributed by atoms with Crippen LogP contribution in [0.2, 0.25) is 0 Å². The molecular weight excluding hydrogens is 393 g/mol. The molecule has 0 aliphatic carbocycles. The van der Waals surface area contributed by atoms with Crippen molar-refractivity contribution in [1.29, 1.82) is 0 Å². The molecule has 3 aromatic heterocycles. The largest absolute Gasteiger partial charge is 0.430 e. The number of carbonyl (C=O) groups is 1. The number of aromatic nitrogens is 4. The van der Waals surface area contributed by atoms with Crippen LogP contribution >= 0.6 is 0 Å². The molecule has 1 amide bonds. The smallest absolute Gasteiger partial charge is 0.335 e. The fourth-order valence-electron chi connectivity index (χ4n) is 2.97. The van der Waals surface area contributed by atoms with Gasteiger partial charge in [-0.15, -0.1) is 0 Å². The van der Waals surface area contributed by atoms with E-state index in [0.717, 1.165) is 12.3 Å². The lowest BCUT2D eigenvalue weighted by atomic mass is 10.2. The number of fused-ring (bicyclic) bond motifs is 1. The summed E-state index contributed by atoms with van der Waals surface area (Å²) in [6.07, 6.45) is 3.89. The highest BCUT2D eigenvalue weighted by molar-refractivity contribution is 5.93. The zero-order chi connectivity index (χ0) is 21.1. The molecule has 0 fully saturated rings. The van der Waals surface area contributed by atoms with Crippen LogP contribution in [0.3, 0.4) is 0 Å². The quantitative estimate of drug-likeness (QED) is 0.512. The maximum atomic E-state index is 13.4. The van der Waals surface area contributed by atoms with Gasteiger partial charge in [-0.05, 0) is 23.8 Å². The first kappa shape index (κ1) is 19.2. The summed E-state index contributed by atoms with van der Waals surface area (Å²) in [5, 5.41) is 7.17. The first-order valence-corrected chi connectivity index (χ1v) is 9.04. The van der Waals surface area contributed by atoms with E-state index >= 15 is 0 Å². The van der Waals surface area contributed by atoms with Crippen molar-refractivity contribution in [2.45, 2.75) is 13.1 Å². The number of hydrogen-bond donors (Lipinski definition) is 1. The number of halogens is 1. The Bertz CT molecular complexity index is 1320. The van der Waals surface area contributed by atoms with Crippen LogP contribution < -0.4 is 16.5 Å². The molecule has 0 spiro atoms. The second kappa shape index (κ2) is 8.11. The SMILES string of the molecule is O=C(NCCn1ncc2c(=O)n(Cc3cccc(F)c3)cnc21)c1ccc(=O)oc1. The molecular formula is C20H16FN5O4. The molecule has 9 nitrogen and oxygen atoms in total. The lowest BCUT2D eigenvalue weighted by Gasteiger charge is -2.07. The zero-order valence-electron chi connectivity index (χ0n) is 15.6. The summed E-state index contributed by atoms with van der Waals surface area (Å²) in [5.41, 5.74) is 0.418. The van der Waals surface area contributed by atoms with E-state index < -0.39 is 11.5 Å². The number of amides is 1. The van der Waals surface area contributed by atoms with Gasteiger partial charge in [0.1, 0.15) is 23.8 Å². The van der Waals surface area contributed by atoms with Gasteiger partial charge in [0.25, 0.3) is 11.5 Å². The van der Waals surface area contributed by atoms with Crippen LogP contribution in [-0.4, -0.2) is 31.8 Å². The lowest BCUT2D eigenvalue weighted by molar-refractivity contribution is 0.0949. The van der Waals surface area contributed by atoms with Crippen molar-refractivity contribution in [3.8, 4) is 0 Å². The van der Waals surface area contributed by atoms with Crippen LogP contribution in [0.5, 0.6) is 0 Å². The summed E-state index contributed by atoms with van der Waals surface area (Å²) in [5.74, 6) is -0.775. The van der Waals surface area contributed by atoms with Crippen LogP contribution in [0, 0.1) is 5.82 Å². The van der Waals surface area contributed by atoms with Gasteiger partial charge in [-0.1, -0.05) is 12.1 Å². The summed E-state index contributed by atoms with van der Waals surface area (Å²) >= 11 is 0. The Morgan fingerprint density at radius 1 is 1.20 bits per heavy atom. The Labute approximate surface area is 168 Å². The van der Waals surface area contributed by atoms with Crippen LogP contribution in [0.1, 0.15) is 15.9 Å². The van der Waals surface area contributed by atoms with E-state index in [-0.39, 0.29) is 36.6 Å². The number of rotatable bonds is 6. The minimum Gasteiger partial charge on any atom is -0.430 e. The van der Waals surface area contributed by atoms with Gasteiger partial charge in [0.15, 0.2) is 5.65 Å². The number of benzene rings is 1. The maximum absolute atomic E-state index is 13.4. The highest BCUT2D eigenvalue weighted by Gasteiger charge is 2.11. The van der Waals surface area contributed by atoms with E-state index in [1.54, 1.807) is 12.1 Å². The van der Waals surface area contributed by atoms with Gasteiger partial charge >= 0.3 is 5.63 Å². The highest BCUT2D eigenvalue weighted by atomic mass is 19.1. The Hall–Kier alpha value is -4.08. The molecule has 0 aliphatic heterocycles. The third-order valence-electron chi connectivity index (χ3n) is 4.44. The maximum Gasteiger partial charge on any atom is 0.335 e. The van der Waals surface area contributed by atoms with E-state index in [1.807, 2.05) is 0 Å². The van der Waals surface area contributed by atoms with Crippen LogP contribution in [0.25, 0.3) is 11.0 Å². The second-order valence-electron chi connectivity index (χ2n) is 6.51. The van der Waals surface area contributed by atoms with E-state index in [2.05, 4.69) is 19.8 Å². The van der Waals surface area contributed by atoms with Gasteiger partial charge in [0.2, 0.25) is 0 Å². The first-order valence-electron chi connectivity index (χ1n) is 9.04. The summed E-state index contributed by atoms with van der Waals surface area (Å²) in [6, 6.07) is 8.54. The second-order valence-corrected chi connectivity index (χ2v) is 6.51. The molecule has 0 saturated heterocycles. The van der Waals surface area contributed by atoms with E-state index in [1.165, 1.54) is 40.0 Å². The monoisotopic (exact) mass is 409 g/mol. The normalized spacial score (nSPS) is 11.0. The molecule has 4 rings (SSSR count). The predicted molar refractivity (Wildman–Crippen MR) is 105 cm³/mol. The Morgan fingerprint density at radius 2 is 2.07 bits per heavy atom. The standard InChI is InChI=1S/C20H16FN5O4/c21-15-3-1-2-13(8-15)10-25-12-23-18-16(20(25)29)9-24-26(18)7-6-22-19(28)14-4-5-17(27)30-11-14/h1-5,8-9,11-12H,6-7,10H2,(H,22,28). The summed E-state index contributed by atoms with van der Waals surface area (Å²) < 4.78 is 20.9. The molecule has 30 heavy (non-hydrogen) atoms. The Balaban J connectivity index is 1.46. The molecule has 10 heteroatoms. The summed E-state index contributed by atoms with van der Waals surface area (Å²) in [4.78, 5) is 40.0. The van der Waals surface area contributed by atoms with Crippen molar-refractivity contribution in [2.24, 2.45) is 0 Å². The molecule has 1 aromatic carbocycles. The van der Waals surface area contributed by atoms with Crippen molar-refractivity contribution in [1.82, 2.24) is 24.6 Å².